The second-order valence-corrected chi connectivity index (χ2v) is 8.45. The third kappa shape index (κ3) is 3.75. The largest absolute Gasteiger partial charge is 0.326 e. The van der Waals surface area contributed by atoms with Crippen molar-refractivity contribution in [2.45, 2.75) is 37.6 Å². The van der Waals surface area contributed by atoms with Crippen molar-refractivity contribution < 1.29 is 9.59 Å². The van der Waals surface area contributed by atoms with Crippen molar-refractivity contribution in [2.75, 3.05) is 11.1 Å². The molecule has 2 aromatic heterocycles. The highest BCUT2D eigenvalue weighted by atomic mass is 32.2. The van der Waals surface area contributed by atoms with Gasteiger partial charge >= 0.3 is 0 Å². The van der Waals surface area contributed by atoms with Gasteiger partial charge in [-0.3, -0.25) is 9.59 Å². The minimum Gasteiger partial charge on any atom is -0.326 e. The maximum atomic E-state index is 12.6. The summed E-state index contributed by atoms with van der Waals surface area (Å²) in [5, 5.41) is 4.83. The lowest BCUT2D eigenvalue weighted by Gasteiger charge is -2.06. The highest BCUT2D eigenvalue weighted by Crippen LogP contribution is 2.40. The SMILES string of the molecule is CCC(=O)Nc1ccc(C(=O)CSc2ncnc3sc4c(c23)CCC4)cc1. The predicted molar refractivity (Wildman–Crippen MR) is 110 cm³/mol. The van der Waals surface area contributed by atoms with Gasteiger partial charge in [0.05, 0.1) is 5.75 Å². The van der Waals surface area contributed by atoms with Crippen LogP contribution >= 0.6 is 23.1 Å². The maximum Gasteiger partial charge on any atom is 0.224 e. The number of hydrogen-bond donors (Lipinski definition) is 1. The monoisotopic (exact) mass is 397 g/mol. The molecule has 1 aromatic carbocycles. The minimum atomic E-state index is -0.0410. The summed E-state index contributed by atoms with van der Waals surface area (Å²) < 4.78 is 0. The van der Waals surface area contributed by atoms with Crippen LogP contribution in [0, 0.1) is 0 Å². The molecule has 0 saturated carbocycles. The summed E-state index contributed by atoms with van der Waals surface area (Å²) in [6, 6.07) is 7.04. The van der Waals surface area contributed by atoms with Crippen molar-refractivity contribution in [3.63, 3.8) is 0 Å². The van der Waals surface area contributed by atoms with E-state index in [0.29, 0.717) is 23.4 Å². The van der Waals surface area contributed by atoms with Crippen molar-refractivity contribution in [1.82, 2.24) is 9.97 Å². The van der Waals surface area contributed by atoms with E-state index < -0.39 is 0 Å². The number of Topliss-reactive ketones (excluding diaryl/α,β-unsaturated/α-hetero) is 1. The topological polar surface area (TPSA) is 72.0 Å². The predicted octanol–water partition coefficient (Wildman–Crippen LogP) is 4.50. The quantitative estimate of drug-likeness (QED) is 0.377. The van der Waals surface area contributed by atoms with E-state index in [1.807, 2.05) is 0 Å². The van der Waals surface area contributed by atoms with Crippen molar-refractivity contribution in [1.29, 1.82) is 0 Å². The number of hydrogen-bond acceptors (Lipinski definition) is 6. The fraction of sp³-hybridized carbons (Fsp3) is 0.300. The second kappa shape index (κ2) is 7.78. The van der Waals surface area contributed by atoms with Crippen molar-refractivity contribution in [3.8, 4) is 0 Å². The van der Waals surface area contributed by atoms with E-state index in [9.17, 15) is 9.59 Å². The fourth-order valence-corrected chi connectivity index (χ4v) is 5.43. The van der Waals surface area contributed by atoms with Gasteiger partial charge < -0.3 is 5.32 Å². The molecule has 3 aromatic rings. The van der Waals surface area contributed by atoms with E-state index >= 15 is 0 Å². The van der Waals surface area contributed by atoms with Crippen LogP contribution < -0.4 is 5.32 Å². The lowest BCUT2D eigenvalue weighted by molar-refractivity contribution is -0.115. The number of carbonyl (C=O) groups excluding carboxylic acids is 2. The van der Waals surface area contributed by atoms with Gasteiger partial charge in [-0.25, -0.2) is 9.97 Å². The number of amides is 1. The molecule has 0 unspecified atom stereocenters. The number of nitrogens with one attached hydrogen (secondary N) is 1. The van der Waals surface area contributed by atoms with Gasteiger partial charge in [-0.2, -0.15) is 0 Å². The number of carbonyl (C=O) groups is 2. The Bertz CT molecular complexity index is 1010. The zero-order valence-electron chi connectivity index (χ0n) is 14.9. The van der Waals surface area contributed by atoms with Crippen LogP contribution in [-0.4, -0.2) is 27.4 Å². The molecule has 0 radical (unpaired) electrons. The highest BCUT2D eigenvalue weighted by Gasteiger charge is 2.21. The number of thiophene rings is 1. The fourth-order valence-electron chi connectivity index (χ4n) is 3.22. The summed E-state index contributed by atoms with van der Waals surface area (Å²) in [5.74, 6) is 0.338. The highest BCUT2D eigenvalue weighted by molar-refractivity contribution is 8.00. The summed E-state index contributed by atoms with van der Waals surface area (Å²) in [7, 11) is 0. The Morgan fingerprint density at radius 1 is 1.19 bits per heavy atom. The standard InChI is InChI=1S/C20H19N3O2S2/c1-2-17(25)23-13-8-6-12(7-9-13)15(24)10-26-19-18-14-4-3-5-16(14)27-20(18)22-11-21-19/h6-9,11H,2-5,10H2,1H3,(H,23,25). The van der Waals surface area contributed by atoms with Crippen LogP contribution in [0.3, 0.4) is 0 Å². The first-order chi connectivity index (χ1) is 13.2. The zero-order chi connectivity index (χ0) is 18.8. The molecule has 2 heterocycles. The van der Waals surface area contributed by atoms with Crippen LogP contribution in [0.2, 0.25) is 0 Å². The molecule has 4 rings (SSSR count). The number of anilines is 1. The first-order valence-electron chi connectivity index (χ1n) is 8.97. The van der Waals surface area contributed by atoms with Gasteiger partial charge in [0, 0.05) is 27.9 Å². The Hall–Kier alpha value is -2.25. The van der Waals surface area contributed by atoms with Crippen LogP contribution in [0.1, 0.15) is 40.6 Å². The van der Waals surface area contributed by atoms with Gasteiger partial charge in [0.2, 0.25) is 5.91 Å². The molecule has 0 spiro atoms. The number of thioether (sulfide) groups is 1. The van der Waals surface area contributed by atoms with E-state index in [2.05, 4.69) is 15.3 Å². The van der Waals surface area contributed by atoms with Gasteiger partial charge in [-0.15, -0.1) is 11.3 Å². The molecule has 0 saturated heterocycles. The smallest absolute Gasteiger partial charge is 0.224 e. The molecular formula is C20H19N3O2S2. The van der Waals surface area contributed by atoms with Crippen LogP contribution in [0.25, 0.3) is 10.2 Å². The molecule has 5 nitrogen and oxygen atoms in total. The molecule has 1 aliphatic rings. The average molecular weight is 398 g/mol. The average Bonchev–Trinajstić information content (AvgIpc) is 3.27. The van der Waals surface area contributed by atoms with E-state index in [1.54, 1.807) is 48.9 Å². The number of aromatic nitrogens is 2. The Labute approximate surface area is 165 Å². The van der Waals surface area contributed by atoms with E-state index in [4.69, 9.17) is 0 Å². The van der Waals surface area contributed by atoms with Gasteiger partial charge in [0.25, 0.3) is 0 Å². The molecule has 1 N–H and O–H groups in total. The van der Waals surface area contributed by atoms with Crippen LogP contribution in [0.15, 0.2) is 35.6 Å². The first kappa shape index (κ1) is 18.1. The number of ketones is 1. The van der Waals surface area contributed by atoms with Crippen LogP contribution in [0.5, 0.6) is 0 Å². The molecule has 0 aliphatic heterocycles. The van der Waals surface area contributed by atoms with Gasteiger partial charge in [-0.05, 0) is 49.1 Å². The molecule has 0 bridgehead atoms. The van der Waals surface area contributed by atoms with Crippen LogP contribution in [0.4, 0.5) is 5.69 Å². The van der Waals surface area contributed by atoms with E-state index in [1.165, 1.54) is 28.6 Å². The molecule has 1 amide bonds. The third-order valence-electron chi connectivity index (χ3n) is 4.62. The van der Waals surface area contributed by atoms with Gasteiger partial charge in [-0.1, -0.05) is 18.7 Å². The number of aryl methyl sites for hydroxylation is 2. The van der Waals surface area contributed by atoms with Crippen LogP contribution in [-0.2, 0) is 17.6 Å². The maximum absolute atomic E-state index is 12.6. The number of nitrogens with zero attached hydrogens (tertiary/aromatic N) is 2. The molecule has 0 atom stereocenters. The Kier molecular flexibility index (Phi) is 5.22. The van der Waals surface area contributed by atoms with Crippen molar-refractivity contribution >= 4 is 50.7 Å². The summed E-state index contributed by atoms with van der Waals surface area (Å²) in [6.45, 7) is 1.80. The molecule has 0 fully saturated rings. The normalized spacial score (nSPS) is 12.9. The summed E-state index contributed by atoms with van der Waals surface area (Å²) >= 11 is 3.23. The van der Waals surface area contributed by atoms with E-state index in [-0.39, 0.29) is 11.7 Å². The minimum absolute atomic E-state index is 0.0410. The van der Waals surface area contributed by atoms with Crippen molar-refractivity contribution in [3.05, 3.63) is 46.6 Å². The third-order valence-corrected chi connectivity index (χ3v) is 6.81. The lowest BCUT2D eigenvalue weighted by Crippen LogP contribution is -2.09. The van der Waals surface area contributed by atoms with Gasteiger partial charge in [0.15, 0.2) is 5.78 Å². The Morgan fingerprint density at radius 2 is 2.00 bits per heavy atom. The molecular weight excluding hydrogens is 378 g/mol. The Morgan fingerprint density at radius 3 is 2.78 bits per heavy atom. The Balaban J connectivity index is 1.47. The van der Waals surface area contributed by atoms with Crippen molar-refractivity contribution in [2.24, 2.45) is 0 Å². The number of rotatable bonds is 6. The lowest BCUT2D eigenvalue weighted by atomic mass is 10.1. The molecule has 27 heavy (non-hydrogen) atoms. The second-order valence-electron chi connectivity index (χ2n) is 6.41. The summed E-state index contributed by atoms with van der Waals surface area (Å²) in [5.41, 5.74) is 2.72. The number of fused-ring (bicyclic) bond motifs is 3. The summed E-state index contributed by atoms with van der Waals surface area (Å²) in [6.07, 6.45) is 5.41. The number of benzene rings is 1. The van der Waals surface area contributed by atoms with E-state index in [0.717, 1.165) is 28.1 Å². The molecule has 138 valence electrons. The summed E-state index contributed by atoms with van der Waals surface area (Å²) in [4.78, 5) is 35.3. The zero-order valence-corrected chi connectivity index (χ0v) is 16.6. The molecule has 7 heteroatoms. The molecule has 1 aliphatic carbocycles. The van der Waals surface area contributed by atoms with Gasteiger partial charge in [0.1, 0.15) is 16.2 Å². The first-order valence-corrected chi connectivity index (χ1v) is 10.8.